The van der Waals surface area contributed by atoms with E-state index in [1.54, 1.807) is 0 Å². The topological polar surface area (TPSA) is 25.8 Å². The first-order valence-corrected chi connectivity index (χ1v) is 8.98. The van der Waals surface area contributed by atoms with Crippen LogP contribution in [0.25, 0.3) is 43.7 Å². The van der Waals surface area contributed by atoms with Crippen LogP contribution in [-0.4, -0.2) is 9.97 Å². The molecule has 1 aliphatic carbocycles. The molecular formula is C24H16N2. The second-order valence-corrected chi connectivity index (χ2v) is 7.14. The first-order valence-electron chi connectivity index (χ1n) is 8.98. The summed E-state index contributed by atoms with van der Waals surface area (Å²) < 4.78 is 0. The van der Waals surface area contributed by atoms with Gasteiger partial charge >= 0.3 is 0 Å². The number of aryl methyl sites for hydroxylation is 1. The molecule has 0 saturated carbocycles. The predicted octanol–water partition coefficient (Wildman–Crippen LogP) is 5.82. The molecule has 0 atom stereocenters. The molecule has 0 spiro atoms. The molecule has 0 bridgehead atoms. The SMILES string of the molecule is Cc1cc2cc3c(nc2c2ncccc12)Cc1c-3ccc2ccccc12. The summed E-state index contributed by atoms with van der Waals surface area (Å²) in [5.74, 6) is 0. The van der Waals surface area contributed by atoms with Crippen molar-refractivity contribution in [2.75, 3.05) is 0 Å². The highest BCUT2D eigenvalue weighted by molar-refractivity contribution is 6.06. The molecule has 2 nitrogen and oxygen atoms in total. The summed E-state index contributed by atoms with van der Waals surface area (Å²) in [5.41, 5.74) is 8.43. The molecule has 5 aromatic rings. The van der Waals surface area contributed by atoms with Gasteiger partial charge in [-0.15, -0.1) is 0 Å². The number of pyridine rings is 2. The molecular weight excluding hydrogens is 316 g/mol. The van der Waals surface area contributed by atoms with Crippen molar-refractivity contribution in [1.29, 1.82) is 0 Å². The lowest BCUT2D eigenvalue weighted by atomic mass is 9.98. The van der Waals surface area contributed by atoms with Crippen molar-refractivity contribution in [3.05, 3.63) is 83.7 Å². The van der Waals surface area contributed by atoms with Crippen LogP contribution in [0.3, 0.4) is 0 Å². The molecule has 0 saturated heterocycles. The minimum atomic E-state index is 0.893. The van der Waals surface area contributed by atoms with E-state index in [0.717, 1.165) is 17.5 Å². The highest BCUT2D eigenvalue weighted by Crippen LogP contribution is 2.41. The zero-order valence-electron chi connectivity index (χ0n) is 14.5. The fraction of sp³-hybridized carbons (Fsp3) is 0.0833. The molecule has 0 amide bonds. The Kier molecular flexibility index (Phi) is 2.63. The quantitative estimate of drug-likeness (QED) is 0.328. The maximum absolute atomic E-state index is 5.08. The van der Waals surface area contributed by atoms with Gasteiger partial charge in [-0.1, -0.05) is 42.5 Å². The van der Waals surface area contributed by atoms with Crippen molar-refractivity contribution >= 4 is 32.6 Å². The van der Waals surface area contributed by atoms with Gasteiger partial charge in [-0.05, 0) is 52.6 Å². The summed E-state index contributed by atoms with van der Waals surface area (Å²) in [5, 5.41) is 5.00. The Bertz CT molecular complexity index is 1370. The van der Waals surface area contributed by atoms with E-state index in [-0.39, 0.29) is 0 Å². The monoisotopic (exact) mass is 332 g/mol. The number of fused-ring (bicyclic) bond motifs is 8. The zero-order valence-corrected chi connectivity index (χ0v) is 14.5. The number of nitrogens with zero attached hydrogens (tertiary/aromatic N) is 2. The van der Waals surface area contributed by atoms with Crippen molar-refractivity contribution in [3.8, 4) is 11.1 Å². The molecule has 0 aliphatic heterocycles. The summed E-state index contributed by atoms with van der Waals surface area (Å²) in [4.78, 5) is 9.72. The van der Waals surface area contributed by atoms with E-state index in [0.29, 0.717) is 0 Å². The van der Waals surface area contributed by atoms with Crippen molar-refractivity contribution in [3.63, 3.8) is 0 Å². The Morgan fingerprint density at radius 2 is 1.65 bits per heavy atom. The molecule has 2 heteroatoms. The third kappa shape index (κ3) is 1.76. The molecule has 2 aromatic heterocycles. The molecule has 3 aromatic carbocycles. The van der Waals surface area contributed by atoms with Gasteiger partial charge < -0.3 is 0 Å². The van der Waals surface area contributed by atoms with Gasteiger partial charge in [-0.2, -0.15) is 0 Å². The Labute approximate surface area is 151 Å². The van der Waals surface area contributed by atoms with E-state index < -0.39 is 0 Å². The smallest absolute Gasteiger partial charge is 0.0968 e. The van der Waals surface area contributed by atoms with E-state index >= 15 is 0 Å². The van der Waals surface area contributed by atoms with Gasteiger partial charge in [-0.3, -0.25) is 4.98 Å². The molecule has 0 unspecified atom stereocenters. The van der Waals surface area contributed by atoms with Gasteiger partial charge in [0.15, 0.2) is 0 Å². The number of benzene rings is 3. The number of rotatable bonds is 0. The van der Waals surface area contributed by atoms with Crippen LogP contribution in [-0.2, 0) is 6.42 Å². The van der Waals surface area contributed by atoms with Crippen LogP contribution in [0.1, 0.15) is 16.8 Å². The third-order valence-electron chi connectivity index (χ3n) is 5.63. The fourth-order valence-electron chi connectivity index (χ4n) is 4.40. The highest BCUT2D eigenvalue weighted by Gasteiger charge is 2.23. The standard InChI is InChI=1S/C24H16N2/c1-14-11-16-12-21-19-9-8-15-5-2-3-6-18(15)20(19)13-22(21)26-23(16)24-17(14)7-4-10-25-24/h2-12H,13H2,1H3. The van der Waals surface area contributed by atoms with Crippen LogP contribution in [0, 0.1) is 6.92 Å². The number of hydrogen-bond acceptors (Lipinski definition) is 2. The van der Waals surface area contributed by atoms with Crippen LogP contribution in [0.2, 0.25) is 0 Å². The lowest BCUT2D eigenvalue weighted by Crippen LogP contribution is -1.92. The summed E-state index contributed by atoms with van der Waals surface area (Å²) in [6.07, 6.45) is 2.75. The van der Waals surface area contributed by atoms with Gasteiger partial charge in [0.05, 0.1) is 16.7 Å². The molecule has 2 heterocycles. The van der Waals surface area contributed by atoms with Gasteiger partial charge in [0.25, 0.3) is 0 Å². The Balaban J connectivity index is 1.70. The van der Waals surface area contributed by atoms with Gasteiger partial charge in [0, 0.05) is 29.0 Å². The van der Waals surface area contributed by atoms with E-state index in [1.807, 2.05) is 12.3 Å². The average molecular weight is 332 g/mol. The van der Waals surface area contributed by atoms with Crippen molar-refractivity contribution in [1.82, 2.24) is 9.97 Å². The van der Waals surface area contributed by atoms with Crippen molar-refractivity contribution in [2.24, 2.45) is 0 Å². The summed E-state index contributed by atoms with van der Waals surface area (Å²) in [6, 6.07) is 21.8. The molecule has 1 aliphatic rings. The predicted molar refractivity (Wildman–Crippen MR) is 108 cm³/mol. The maximum atomic E-state index is 5.08. The molecule has 0 N–H and O–H groups in total. The minimum Gasteiger partial charge on any atom is -0.254 e. The Morgan fingerprint density at radius 1 is 0.769 bits per heavy atom. The lowest BCUT2D eigenvalue weighted by Gasteiger charge is -2.08. The summed E-state index contributed by atoms with van der Waals surface area (Å²) in [6.45, 7) is 2.15. The first kappa shape index (κ1) is 14.0. The normalized spacial score (nSPS) is 12.7. The second-order valence-electron chi connectivity index (χ2n) is 7.14. The number of aromatic nitrogens is 2. The minimum absolute atomic E-state index is 0.893. The van der Waals surface area contributed by atoms with E-state index in [2.05, 4.69) is 66.5 Å². The van der Waals surface area contributed by atoms with Crippen LogP contribution in [0.15, 0.2) is 66.9 Å². The lowest BCUT2D eigenvalue weighted by molar-refractivity contribution is 1.16. The van der Waals surface area contributed by atoms with Gasteiger partial charge in [-0.25, -0.2) is 4.98 Å². The Morgan fingerprint density at radius 3 is 2.62 bits per heavy atom. The third-order valence-corrected chi connectivity index (χ3v) is 5.63. The van der Waals surface area contributed by atoms with E-state index in [4.69, 9.17) is 4.98 Å². The second kappa shape index (κ2) is 4.89. The first-order chi connectivity index (χ1) is 12.8. The molecule has 122 valence electrons. The van der Waals surface area contributed by atoms with Crippen LogP contribution in [0.4, 0.5) is 0 Å². The van der Waals surface area contributed by atoms with Crippen molar-refractivity contribution in [2.45, 2.75) is 13.3 Å². The fourth-order valence-corrected chi connectivity index (χ4v) is 4.40. The maximum Gasteiger partial charge on any atom is 0.0968 e. The Hall–Kier alpha value is -3.26. The largest absolute Gasteiger partial charge is 0.254 e. The molecule has 26 heavy (non-hydrogen) atoms. The van der Waals surface area contributed by atoms with Crippen LogP contribution >= 0.6 is 0 Å². The summed E-state index contributed by atoms with van der Waals surface area (Å²) >= 11 is 0. The summed E-state index contributed by atoms with van der Waals surface area (Å²) in [7, 11) is 0. The number of hydrogen-bond donors (Lipinski definition) is 0. The highest BCUT2D eigenvalue weighted by atomic mass is 14.8. The molecule has 6 rings (SSSR count). The molecule has 0 fully saturated rings. The zero-order chi connectivity index (χ0) is 17.3. The average Bonchev–Trinajstić information content (AvgIpc) is 3.05. The van der Waals surface area contributed by atoms with Crippen LogP contribution < -0.4 is 0 Å². The van der Waals surface area contributed by atoms with Gasteiger partial charge in [0.2, 0.25) is 0 Å². The molecule has 0 radical (unpaired) electrons. The van der Waals surface area contributed by atoms with Crippen molar-refractivity contribution < 1.29 is 0 Å². The van der Waals surface area contributed by atoms with Crippen LogP contribution in [0.5, 0.6) is 0 Å². The van der Waals surface area contributed by atoms with E-state index in [9.17, 15) is 0 Å². The van der Waals surface area contributed by atoms with Gasteiger partial charge in [0.1, 0.15) is 0 Å². The van der Waals surface area contributed by atoms with E-state index in [1.165, 1.54) is 49.5 Å².